The molecule has 102 heavy (non-hydrogen) atoms. The molecule has 12 unspecified atom stereocenters. The van der Waals surface area contributed by atoms with Crippen LogP contribution in [0, 0.1) is 0 Å². The van der Waals surface area contributed by atoms with Crippen LogP contribution in [-0.4, -0.2) is 383 Å². The number of carbonyl (C=O) groups is 12. The van der Waals surface area contributed by atoms with Gasteiger partial charge in [-0.2, -0.15) is 0 Å². The summed E-state index contributed by atoms with van der Waals surface area (Å²) in [6, 6.07) is -6.06. The first-order valence-corrected chi connectivity index (χ1v) is 38.1. The second-order valence-corrected chi connectivity index (χ2v) is 29.2. The Balaban J connectivity index is 1.03. The lowest BCUT2D eigenvalue weighted by molar-refractivity contribution is 0.0442. The molecule has 564 valence electrons. The van der Waals surface area contributed by atoms with E-state index in [-0.39, 0.29) is 115 Å². The minimum Gasteiger partial charge on any atom is -0.300 e. The van der Waals surface area contributed by atoms with Gasteiger partial charge < -0.3 is 0 Å². The van der Waals surface area contributed by atoms with Crippen LogP contribution in [0.15, 0.2) is 0 Å². The van der Waals surface area contributed by atoms with Gasteiger partial charge in [-0.15, -0.1) is 0 Å². The Bertz CT molecular complexity index is 2600. The van der Waals surface area contributed by atoms with Crippen LogP contribution in [0.3, 0.4) is 0 Å². The van der Waals surface area contributed by atoms with Crippen molar-refractivity contribution in [3.05, 3.63) is 0 Å². The molecule has 13 aliphatic rings. The van der Waals surface area contributed by atoms with E-state index in [2.05, 4.69) is 0 Å². The Kier molecular flexibility index (Phi) is 19.7. The molecule has 0 aromatic heterocycles. The standard InChI is InChI=1S/C66H108N24O12/c1-13-25-67-43-44(68(26-14-2)55(67)91)80-38-82-47-48(72(30-18-6)57(93)71(47)29-17-5)84(63(82)99)40-86-51-52(76(34-22-10)59(95)75(51)33-21-9)88(65(86)101)42-90-54-53(77(35-23-11)60(96)78(54)36-24-12)89(66(90)102)41-87-50-49(73(31-19-7)58(94)74(50)32-20-8)85(64(87)100)39-83-46-45(81(62(83)98)37-79(43)61(80)97)69(27-15-3)56(92)70(46)28-16-4/h43-54H,13-42H2,1-12H3. The van der Waals surface area contributed by atoms with Gasteiger partial charge in [0.1, 0.15) is 40.0 Å². The number of rotatable bonds is 24. The van der Waals surface area contributed by atoms with E-state index in [1.165, 1.54) is 58.8 Å². The minimum atomic E-state index is -1.07. The smallest absolute Gasteiger partial charge is 0.300 e. The molecule has 0 N–H and O–H groups in total. The molecule has 0 saturated carbocycles. The Hall–Kier alpha value is -8.76. The number of hydrogen-bond donors (Lipinski definition) is 0. The van der Waals surface area contributed by atoms with E-state index in [0.717, 1.165) is 0 Å². The van der Waals surface area contributed by atoms with Crippen LogP contribution in [0.4, 0.5) is 57.5 Å². The zero-order valence-electron chi connectivity index (χ0n) is 61.8. The molecule has 12 atom stereocenters. The van der Waals surface area contributed by atoms with Gasteiger partial charge in [0.2, 0.25) is 0 Å². The number of urea groups is 12. The molecular formula is C66H108N24O12. The lowest BCUT2D eigenvalue weighted by Crippen LogP contribution is -2.57. The summed E-state index contributed by atoms with van der Waals surface area (Å²) in [5.74, 6) is 0. The molecule has 0 aromatic carbocycles. The molecule has 13 rings (SSSR count). The SMILES string of the molecule is CCCN1C(=O)N(CCC)C2C1N1CN3C(=O)N(CN4C(=O)N(CN5C(=O)N(CN6C(=O)N(CN7C(=O)N(CN2C1=O)C1C7N(CCC)C(=O)N1CCC)C1C6N(CCC)C(=O)N1CCC)C1C5N(CCC)C(=O)N1CCC)C1C4N(CCC)C(=O)N1CCC)C1C3N(CCC)C(=O)N1CCC. The Morgan fingerprint density at radius 1 is 0.157 bits per heavy atom. The van der Waals surface area contributed by atoms with Crippen molar-refractivity contribution >= 4 is 72.4 Å². The highest BCUT2D eigenvalue weighted by Crippen LogP contribution is 2.47. The maximum absolute atomic E-state index is 16.5. The van der Waals surface area contributed by atoms with Gasteiger partial charge in [-0.05, 0) is 77.0 Å². The number of hydrogen-bond acceptors (Lipinski definition) is 12. The van der Waals surface area contributed by atoms with Gasteiger partial charge in [-0.1, -0.05) is 83.1 Å². The highest BCUT2D eigenvalue weighted by atomic mass is 16.2. The van der Waals surface area contributed by atoms with Gasteiger partial charge >= 0.3 is 72.4 Å². The second-order valence-electron chi connectivity index (χ2n) is 29.2. The van der Waals surface area contributed by atoms with E-state index in [4.69, 9.17) is 0 Å². The second kappa shape index (κ2) is 28.1. The van der Waals surface area contributed by atoms with Gasteiger partial charge in [-0.3, -0.25) is 118 Å². The predicted molar refractivity (Wildman–Crippen MR) is 365 cm³/mol. The summed E-state index contributed by atoms with van der Waals surface area (Å²) < 4.78 is 0. The van der Waals surface area contributed by atoms with E-state index in [0.29, 0.717) is 77.0 Å². The van der Waals surface area contributed by atoms with Crippen molar-refractivity contribution in [3.63, 3.8) is 0 Å². The van der Waals surface area contributed by atoms with E-state index in [1.807, 2.05) is 83.1 Å². The first-order chi connectivity index (χ1) is 49.2. The molecule has 12 bridgehead atoms. The first-order valence-electron chi connectivity index (χ1n) is 38.1. The largest absolute Gasteiger partial charge is 0.326 e. The van der Waals surface area contributed by atoms with Crippen LogP contribution in [0.5, 0.6) is 0 Å². The fourth-order valence-corrected chi connectivity index (χ4v) is 18.9. The highest BCUT2D eigenvalue weighted by Gasteiger charge is 2.70. The molecule has 0 aliphatic carbocycles. The summed E-state index contributed by atoms with van der Waals surface area (Å²) in [7, 11) is 0. The summed E-state index contributed by atoms with van der Waals surface area (Å²) in [4.78, 5) is 228. The van der Waals surface area contributed by atoms with Gasteiger partial charge in [0.15, 0.2) is 74.0 Å². The third-order valence-corrected chi connectivity index (χ3v) is 22.6. The van der Waals surface area contributed by atoms with Crippen LogP contribution in [-0.2, 0) is 0 Å². The molecule has 0 aromatic rings. The summed E-state index contributed by atoms with van der Waals surface area (Å²) >= 11 is 0. The number of fused-ring (bicyclic) bond motifs is 30. The minimum absolute atomic E-state index is 0.196. The molecule has 24 amide bonds. The molecular weight excluding hydrogens is 1320 g/mol. The van der Waals surface area contributed by atoms with Crippen molar-refractivity contribution in [2.45, 2.75) is 234 Å². The van der Waals surface area contributed by atoms with E-state index in [1.54, 1.807) is 58.8 Å². The third-order valence-electron chi connectivity index (χ3n) is 22.6. The topological polar surface area (TPSA) is 283 Å². The summed E-state index contributed by atoms with van der Waals surface area (Å²) in [6.45, 7) is 22.5. The van der Waals surface area contributed by atoms with Gasteiger partial charge in [0.05, 0.1) is 0 Å². The normalized spacial score (nSPS) is 30.2. The lowest BCUT2D eigenvalue weighted by atomic mass is 10.3. The average molecular weight is 1430 g/mol. The van der Waals surface area contributed by atoms with Crippen LogP contribution in [0.25, 0.3) is 0 Å². The monoisotopic (exact) mass is 1430 g/mol. The zero-order valence-corrected chi connectivity index (χ0v) is 61.8. The summed E-state index contributed by atoms with van der Waals surface area (Å²) in [5, 5.41) is 0. The van der Waals surface area contributed by atoms with E-state index in [9.17, 15) is 0 Å². The van der Waals surface area contributed by atoms with Crippen molar-refractivity contribution in [1.29, 1.82) is 0 Å². The molecule has 13 heterocycles. The fraction of sp³-hybridized carbons (Fsp3) is 0.818. The third kappa shape index (κ3) is 10.4. The molecule has 36 heteroatoms. The van der Waals surface area contributed by atoms with Crippen molar-refractivity contribution in [2.75, 3.05) is 119 Å². The molecule has 0 spiro atoms. The Morgan fingerprint density at radius 3 is 0.304 bits per heavy atom. The summed E-state index contributed by atoms with van der Waals surface area (Å²) in [5.41, 5.74) is 0. The number of amides is 24. The van der Waals surface area contributed by atoms with Crippen molar-refractivity contribution in [2.24, 2.45) is 0 Å². The number of carbonyl (C=O) groups excluding carboxylic acids is 12. The fourth-order valence-electron chi connectivity index (χ4n) is 18.9. The Labute approximate surface area is 598 Å². The van der Waals surface area contributed by atoms with E-state index < -0.39 is 150 Å². The average Bonchev–Trinajstić information content (AvgIpc) is 1.55. The highest BCUT2D eigenvalue weighted by molar-refractivity contribution is 5.92. The maximum Gasteiger partial charge on any atom is 0.326 e. The van der Waals surface area contributed by atoms with Crippen LogP contribution in [0.1, 0.15) is 160 Å². The quantitative estimate of drug-likeness (QED) is 0.117. The number of nitrogens with zero attached hydrogens (tertiary/aromatic N) is 24. The maximum atomic E-state index is 16.5. The van der Waals surface area contributed by atoms with Crippen molar-refractivity contribution in [1.82, 2.24) is 118 Å². The molecule has 13 aliphatic heterocycles. The van der Waals surface area contributed by atoms with Crippen LogP contribution >= 0.6 is 0 Å². The van der Waals surface area contributed by atoms with Crippen molar-refractivity contribution in [3.8, 4) is 0 Å². The van der Waals surface area contributed by atoms with Crippen molar-refractivity contribution < 1.29 is 57.5 Å². The van der Waals surface area contributed by atoms with Gasteiger partial charge in [0, 0.05) is 78.5 Å². The molecule has 36 nitrogen and oxygen atoms in total. The summed E-state index contributed by atoms with van der Waals surface area (Å²) in [6.07, 6.45) is -7.07. The lowest BCUT2D eigenvalue weighted by Gasteiger charge is -2.37. The predicted octanol–water partition coefficient (Wildman–Crippen LogP) is 5.43. The first kappa shape index (κ1) is 71.6. The van der Waals surface area contributed by atoms with Crippen LogP contribution < -0.4 is 0 Å². The molecule has 13 saturated heterocycles. The zero-order chi connectivity index (χ0) is 72.9. The van der Waals surface area contributed by atoms with Gasteiger partial charge in [-0.25, -0.2) is 57.5 Å². The molecule has 13 fully saturated rings. The Morgan fingerprint density at radius 2 is 0.235 bits per heavy atom. The van der Waals surface area contributed by atoms with Gasteiger partial charge in [0.25, 0.3) is 0 Å². The molecule has 0 radical (unpaired) electrons. The van der Waals surface area contributed by atoms with E-state index >= 15 is 57.5 Å². The van der Waals surface area contributed by atoms with Crippen LogP contribution in [0.2, 0.25) is 0 Å².